The number of hydrogen-bond acceptors (Lipinski definition) is 4. The maximum absolute atomic E-state index is 11.9. The molecule has 0 unspecified atom stereocenters. The van der Waals surface area contributed by atoms with Crippen molar-refractivity contribution in [3.8, 4) is 0 Å². The number of carbonyl (C=O) groups is 1. The number of sulfone groups is 1. The Balaban J connectivity index is 2.10. The van der Waals surface area contributed by atoms with Gasteiger partial charge in [-0.15, -0.1) is 0 Å². The molecule has 2 saturated heterocycles. The fraction of sp³-hybridized carbons (Fsp3) is 0.385. The summed E-state index contributed by atoms with van der Waals surface area (Å²) in [6.45, 7) is 1.36. The number of amides is 1. The number of carbonyl (C=O) groups excluding carboxylic acids is 1. The van der Waals surface area contributed by atoms with Crippen LogP contribution in [-0.2, 0) is 14.6 Å². The Labute approximate surface area is 142 Å². The van der Waals surface area contributed by atoms with E-state index in [-0.39, 0.29) is 28.7 Å². The minimum Gasteiger partial charge on any atom is -0.314 e. The number of nitrogens with zero attached hydrogens (tertiary/aromatic N) is 2. The molecule has 9 heteroatoms. The summed E-state index contributed by atoms with van der Waals surface area (Å²) in [6.07, 6.45) is 0. The van der Waals surface area contributed by atoms with Crippen molar-refractivity contribution in [1.82, 2.24) is 0 Å². The molecule has 0 saturated carbocycles. The number of fused-ring (bicyclic) bond motifs is 1. The third-order valence-electron chi connectivity index (χ3n) is 3.51. The Morgan fingerprint density at radius 2 is 2.09 bits per heavy atom. The molecule has 2 aliphatic rings. The number of rotatable bonds is 1. The number of aliphatic imine (C=N–C) groups is 1. The van der Waals surface area contributed by atoms with Gasteiger partial charge in [-0.3, -0.25) is 4.79 Å². The van der Waals surface area contributed by atoms with Gasteiger partial charge in [0.05, 0.1) is 33.3 Å². The third-order valence-corrected chi connectivity index (χ3v) is 7.53. The first-order valence-electron chi connectivity index (χ1n) is 6.48. The highest BCUT2D eigenvalue weighted by Crippen LogP contribution is 2.44. The van der Waals surface area contributed by atoms with Gasteiger partial charge in [-0.1, -0.05) is 41.0 Å². The zero-order chi connectivity index (χ0) is 16.1. The van der Waals surface area contributed by atoms with Crippen molar-refractivity contribution in [2.24, 2.45) is 4.99 Å². The highest BCUT2D eigenvalue weighted by atomic mass is 35.5. The summed E-state index contributed by atoms with van der Waals surface area (Å²) >= 11 is 13.6. The number of hydrogen-bond donors (Lipinski definition) is 0. The summed E-state index contributed by atoms with van der Waals surface area (Å²) in [5.41, 5.74) is 0.575. The van der Waals surface area contributed by atoms with Crippen LogP contribution in [0.2, 0.25) is 10.0 Å². The molecule has 0 radical (unpaired) electrons. The van der Waals surface area contributed by atoms with Crippen LogP contribution in [0.5, 0.6) is 0 Å². The molecule has 3 rings (SSSR count). The molecule has 0 bridgehead atoms. The summed E-state index contributed by atoms with van der Waals surface area (Å²) in [4.78, 5) is 17.1. The van der Waals surface area contributed by atoms with E-state index in [0.717, 1.165) is 0 Å². The molecule has 0 aliphatic carbocycles. The lowest BCUT2D eigenvalue weighted by Crippen LogP contribution is -2.37. The predicted molar refractivity (Wildman–Crippen MR) is 90.9 cm³/mol. The average Bonchev–Trinajstić information content (AvgIpc) is 2.84. The SMILES string of the molecule is CC(=O)N=C1S[C@@H]2CS(=O)(=O)C[C@@H]2N1c1cccc(Cl)c1Cl. The summed E-state index contributed by atoms with van der Waals surface area (Å²) in [5, 5.41) is 1.02. The number of thioether (sulfide) groups is 1. The van der Waals surface area contributed by atoms with Gasteiger partial charge in [0, 0.05) is 12.2 Å². The number of amidine groups is 1. The molecular formula is C13H12Cl2N2O3S2. The largest absolute Gasteiger partial charge is 0.314 e. The van der Waals surface area contributed by atoms with Gasteiger partial charge in [-0.25, -0.2) is 8.42 Å². The quantitative estimate of drug-likeness (QED) is 0.751. The lowest BCUT2D eigenvalue weighted by atomic mass is 10.2. The Kier molecular flexibility index (Phi) is 4.18. The first-order chi connectivity index (χ1) is 10.3. The van der Waals surface area contributed by atoms with Crippen molar-refractivity contribution in [2.75, 3.05) is 16.4 Å². The van der Waals surface area contributed by atoms with E-state index in [9.17, 15) is 13.2 Å². The summed E-state index contributed by atoms with van der Waals surface area (Å²) in [6, 6.07) is 4.85. The molecule has 1 aromatic carbocycles. The Morgan fingerprint density at radius 3 is 2.77 bits per heavy atom. The van der Waals surface area contributed by atoms with E-state index in [1.165, 1.54) is 18.7 Å². The second kappa shape index (κ2) is 5.70. The minimum atomic E-state index is -3.10. The molecule has 2 aliphatic heterocycles. The maximum atomic E-state index is 11.9. The van der Waals surface area contributed by atoms with E-state index >= 15 is 0 Å². The molecule has 0 N–H and O–H groups in total. The van der Waals surface area contributed by atoms with Gasteiger partial charge in [0.1, 0.15) is 0 Å². The molecule has 118 valence electrons. The van der Waals surface area contributed by atoms with Crippen LogP contribution in [0.4, 0.5) is 5.69 Å². The molecule has 1 amide bonds. The summed E-state index contributed by atoms with van der Waals surface area (Å²) in [5.74, 6) is -0.244. The summed E-state index contributed by atoms with van der Waals surface area (Å²) in [7, 11) is -3.10. The normalized spacial score (nSPS) is 28.1. The van der Waals surface area contributed by atoms with Crippen LogP contribution >= 0.6 is 35.0 Å². The van der Waals surface area contributed by atoms with Crippen LogP contribution in [-0.4, -0.2) is 42.3 Å². The molecule has 2 atom stereocenters. The first kappa shape index (κ1) is 16.1. The molecule has 1 aromatic rings. The molecule has 0 aromatic heterocycles. The van der Waals surface area contributed by atoms with Crippen molar-refractivity contribution < 1.29 is 13.2 Å². The Bertz CT molecular complexity index is 779. The molecule has 2 heterocycles. The van der Waals surface area contributed by atoms with E-state index in [4.69, 9.17) is 23.2 Å². The van der Waals surface area contributed by atoms with Crippen molar-refractivity contribution in [1.29, 1.82) is 0 Å². The monoisotopic (exact) mass is 378 g/mol. The van der Waals surface area contributed by atoms with Gasteiger partial charge in [0.15, 0.2) is 15.0 Å². The topological polar surface area (TPSA) is 66.8 Å². The second-order valence-electron chi connectivity index (χ2n) is 5.16. The molecule has 0 spiro atoms. The van der Waals surface area contributed by atoms with Crippen molar-refractivity contribution in [2.45, 2.75) is 18.2 Å². The summed E-state index contributed by atoms with van der Waals surface area (Å²) < 4.78 is 23.8. The van der Waals surface area contributed by atoms with Gasteiger partial charge in [0.25, 0.3) is 0 Å². The van der Waals surface area contributed by atoms with Crippen LogP contribution in [0.1, 0.15) is 6.92 Å². The number of anilines is 1. The lowest BCUT2D eigenvalue weighted by molar-refractivity contribution is -0.115. The third kappa shape index (κ3) is 2.87. The molecule has 5 nitrogen and oxygen atoms in total. The van der Waals surface area contributed by atoms with Gasteiger partial charge in [-0.2, -0.15) is 4.99 Å². The number of halogens is 2. The Hall–Kier alpha value is -0.760. The van der Waals surface area contributed by atoms with E-state index < -0.39 is 9.84 Å². The fourth-order valence-electron chi connectivity index (χ4n) is 2.66. The van der Waals surface area contributed by atoms with Crippen molar-refractivity contribution in [3.05, 3.63) is 28.2 Å². The van der Waals surface area contributed by atoms with Gasteiger partial charge in [-0.05, 0) is 12.1 Å². The Morgan fingerprint density at radius 1 is 1.36 bits per heavy atom. The van der Waals surface area contributed by atoms with Gasteiger partial charge >= 0.3 is 0 Å². The second-order valence-corrected chi connectivity index (χ2v) is 9.30. The van der Waals surface area contributed by atoms with E-state index in [1.54, 1.807) is 23.1 Å². The van der Waals surface area contributed by atoms with E-state index in [2.05, 4.69) is 4.99 Å². The minimum absolute atomic E-state index is 0.0183. The standard InChI is InChI=1S/C13H12Cl2N2O3S2/c1-7(18)16-13-17(9-4-2-3-8(14)12(9)15)10-5-22(19,20)6-11(10)21-13/h2-4,10-11H,5-6H2,1H3/t10-,11+/m0/s1. The van der Waals surface area contributed by atoms with Crippen molar-refractivity contribution >= 4 is 61.6 Å². The molecule has 2 fully saturated rings. The average molecular weight is 379 g/mol. The number of benzene rings is 1. The van der Waals surface area contributed by atoms with E-state index in [1.807, 2.05) is 0 Å². The predicted octanol–water partition coefficient (Wildman–Crippen LogP) is 2.61. The lowest BCUT2D eigenvalue weighted by Gasteiger charge is -2.25. The van der Waals surface area contributed by atoms with Crippen LogP contribution in [0.15, 0.2) is 23.2 Å². The van der Waals surface area contributed by atoms with Crippen LogP contribution < -0.4 is 4.90 Å². The highest BCUT2D eigenvalue weighted by Gasteiger charge is 2.49. The zero-order valence-electron chi connectivity index (χ0n) is 11.5. The molecular weight excluding hydrogens is 367 g/mol. The first-order valence-corrected chi connectivity index (χ1v) is 9.94. The van der Waals surface area contributed by atoms with Crippen LogP contribution in [0, 0.1) is 0 Å². The maximum Gasteiger partial charge on any atom is 0.244 e. The fourth-order valence-corrected chi connectivity index (χ4v) is 7.00. The zero-order valence-corrected chi connectivity index (χ0v) is 14.6. The van der Waals surface area contributed by atoms with E-state index in [0.29, 0.717) is 20.9 Å². The van der Waals surface area contributed by atoms with Crippen molar-refractivity contribution in [3.63, 3.8) is 0 Å². The highest BCUT2D eigenvalue weighted by molar-refractivity contribution is 8.16. The van der Waals surface area contributed by atoms with Gasteiger partial charge in [0.2, 0.25) is 5.91 Å². The van der Waals surface area contributed by atoms with Gasteiger partial charge < -0.3 is 4.90 Å². The van der Waals surface area contributed by atoms with Crippen LogP contribution in [0.3, 0.4) is 0 Å². The smallest absolute Gasteiger partial charge is 0.244 e. The van der Waals surface area contributed by atoms with Crippen LogP contribution in [0.25, 0.3) is 0 Å². The molecule has 22 heavy (non-hydrogen) atoms.